The van der Waals surface area contributed by atoms with Gasteiger partial charge >= 0.3 is 5.97 Å². The second kappa shape index (κ2) is 15.6. The van der Waals surface area contributed by atoms with E-state index in [2.05, 4.69) is 6.92 Å². The first-order valence-electron chi connectivity index (χ1n) is 8.86. The number of likely N-dealkylation sites (N-methyl/N-ethyl adjacent to an activating group) is 1. The van der Waals surface area contributed by atoms with E-state index in [1.54, 1.807) is 0 Å². The van der Waals surface area contributed by atoms with Crippen LogP contribution in [0.15, 0.2) is 0 Å². The molecule has 0 bridgehead atoms. The molecule has 0 aliphatic rings. The van der Waals surface area contributed by atoms with Crippen LogP contribution in [0.2, 0.25) is 0 Å². The lowest BCUT2D eigenvalue weighted by Gasteiger charge is -2.21. The summed E-state index contributed by atoms with van der Waals surface area (Å²) in [7, 11) is 3.80. The van der Waals surface area contributed by atoms with E-state index < -0.39 is 0 Å². The van der Waals surface area contributed by atoms with Gasteiger partial charge < -0.3 is 4.74 Å². The number of hydrogen-bond acceptors (Lipinski definition) is 3. The molecular formula is C18H38ClNO2. The zero-order chi connectivity index (χ0) is 16.1. The highest BCUT2D eigenvalue weighted by molar-refractivity contribution is 5.85. The number of ether oxygens (including phenoxy) is 1. The van der Waals surface area contributed by atoms with Crippen LogP contribution in [0.1, 0.15) is 85.0 Å². The quantitative estimate of drug-likeness (QED) is 0.342. The number of carbonyl (C=O) groups excluding carboxylic acids is 1. The van der Waals surface area contributed by atoms with E-state index in [-0.39, 0.29) is 30.5 Å². The average molecular weight is 336 g/mol. The van der Waals surface area contributed by atoms with Crippen molar-refractivity contribution in [1.29, 1.82) is 0 Å². The predicted molar refractivity (Wildman–Crippen MR) is 97.8 cm³/mol. The van der Waals surface area contributed by atoms with Crippen molar-refractivity contribution >= 4 is 18.4 Å². The first kappa shape index (κ1) is 24.0. The second-order valence-electron chi connectivity index (χ2n) is 6.50. The van der Waals surface area contributed by atoms with Crippen LogP contribution in [0.3, 0.4) is 0 Å². The van der Waals surface area contributed by atoms with Crippen molar-refractivity contribution in [2.75, 3.05) is 14.1 Å². The molecule has 0 aromatic carbocycles. The second-order valence-corrected chi connectivity index (χ2v) is 6.50. The Kier molecular flexibility index (Phi) is 17.0. The molecule has 0 heterocycles. The standard InChI is InChI=1S/C18H37NO2.ClH/c1-6-7-8-9-10-11-12-13-14-15-16(2)21-18(20)17(3)19(4)5;/h16-17H,6-15H2,1-5H3;1H. The van der Waals surface area contributed by atoms with Gasteiger partial charge in [0.15, 0.2) is 0 Å². The molecule has 4 heteroatoms. The molecule has 134 valence electrons. The van der Waals surface area contributed by atoms with Gasteiger partial charge in [0.25, 0.3) is 0 Å². The van der Waals surface area contributed by atoms with Gasteiger partial charge in [0.05, 0.1) is 6.10 Å². The highest BCUT2D eigenvalue weighted by Crippen LogP contribution is 2.12. The molecule has 2 unspecified atom stereocenters. The van der Waals surface area contributed by atoms with Crippen molar-refractivity contribution in [2.45, 2.75) is 97.1 Å². The van der Waals surface area contributed by atoms with Crippen molar-refractivity contribution in [1.82, 2.24) is 4.90 Å². The monoisotopic (exact) mass is 335 g/mol. The summed E-state index contributed by atoms with van der Waals surface area (Å²) in [6.45, 7) is 6.14. The van der Waals surface area contributed by atoms with Crippen molar-refractivity contribution in [2.24, 2.45) is 0 Å². The maximum atomic E-state index is 11.8. The summed E-state index contributed by atoms with van der Waals surface area (Å²) in [6.07, 6.45) is 13.0. The third-order valence-corrected chi connectivity index (χ3v) is 4.15. The van der Waals surface area contributed by atoms with E-state index in [9.17, 15) is 4.79 Å². The predicted octanol–water partition coefficient (Wildman–Crippen LogP) is 5.21. The summed E-state index contributed by atoms with van der Waals surface area (Å²) >= 11 is 0. The van der Waals surface area contributed by atoms with E-state index >= 15 is 0 Å². The van der Waals surface area contributed by atoms with E-state index in [0.29, 0.717) is 0 Å². The minimum atomic E-state index is -0.157. The number of unbranched alkanes of at least 4 members (excludes halogenated alkanes) is 8. The van der Waals surface area contributed by atoms with Crippen molar-refractivity contribution in [3.05, 3.63) is 0 Å². The molecule has 0 rings (SSSR count). The van der Waals surface area contributed by atoms with Gasteiger partial charge in [0.2, 0.25) is 0 Å². The molecule has 0 saturated heterocycles. The normalized spacial score (nSPS) is 13.5. The fourth-order valence-electron chi connectivity index (χ4n) is 2.31. The number of rotatable bonds is 13. The summed E-state index contributed by atoms with van der Waals surface area (Å²) in [5, 5.41) is 0. The summed E-state index contributed by atoms with van der Waals surface area (Å²) in [4.78, 5) is 13.7. The van der Waals surface area contributed by atoms with Gasteiger partial charge in [-0.15, -0.1) is 12.4 Å². The van der Waals surface area contributed by atoms with Crippen LogP contribution in [-0.2, 0) is 9.53 Å². The van der Waals surface area contributed by atoms with Crippen LogP contribution >= 0.6 is 12.4 Å². The smallest absolute Gasteiger partial charge is 0.323 e. The molecule has 0 N–H and O–H groups in total. The Morgan fingerprint density at radius 2 is 1.36 bits per heavy atom. The first-order chi connectivity index (χ1) is 9.99. The fraction of sp³-hybridized carbons (Fsp3) is 0.944. The number of nitrogens with zero attached hydrogens (tertiary/aromatic N) is 1. The topological polar surface area (TPSA) is 29.5 Å². The minimum Gasteiger partial charge on any atom is -0.462 e. The van der Waals surface area contributed by atoms with E-state index in [1.165, 1.54) is 57.8 Å². The number of esters is 1. The molecule has 0 saturated carbocycles. The molecule has 3 nitrogen and oxygen atoms in total. The minimum absolute atomic E-state index is 0. The van der Waals surface area contributed by atoms with Crippen LogP contribution in [0.25, 0.3) is 0 Å². The van der Waals surface area contributed by atoms with Gasteiger partial charge in [-0.2, -0.15) is 0 Å². The SMILES string of the molecule is CCCCCCCCCCCC(C)OC(=O)C(C)N(C)C.Cl. The van der Waals surface area contributed by atoms with Crippen LogP contribution in [0.5, 0.6) is 0 Å². The fourth-order valence-corrected chi connectivity index (χ4v) is 2.31. The van der Waals surface area contributed by atoms with Crippen molar-refractivity contribution in [3.63, 3.8) is 0 Å². The lowest BCUT2D eigenvalue weighted by molar-refractivity contribution is -0.153. The Hall–Kier alpha value is -0.280. The molecule has 0 aliphatic heterocycles. The molecule has 0 aromatic rings. The summed E-state index contributed by atoms with van der Waals surface area (Å²) in [5.74, 6) is -0.108. The van der Waals surface area contributed by atoms with E-state index in [0.717, 1.165) is 6.42 Å². The third kappa shape index (κ3) is 13.4. The number of halogens is 1. The third-order valence-electron chi connectivity index (χ3n) is 4.15. The molecule has 0 radical (unpaired) electrons. The van der Waals surface area contributed by atoms with Crippen LogP contribution in [0, 0.1) is 0 Å². The van der Waals surface area contributed by atoms with Gasteiger partial charge in [-0.3, -0.25) is 9.69 Å². The van der Waals surface area contributed by atoms with Crippen LogP contribution < -0.4 is 0 Å². The largest absolute Gasteiger partial charge is 0.462 e. The molecule has 0 amide bonds. The van der Waals surface area contributed by atoms with Gasteiger partial charge in [-0.05, 0) is 40.8 Å². The van der Waals surface area contributed by atoms with Gasteiger partial charge in [0, 0.05) is 0 Å². The Morgan fingerprint density at radius 3 is 1.82 bits per heavy atom. The first-order valence-corrected chi connectivity index (χ1v) is 8.86. The zero-order valence-corrected chi connectivity index (χ0v) is 16.2. The number of hydrogen-bond donors (Lipinski definition) is 0. The van der Waals surface area contributed by atoms with Gasteiger partial charge in [0.1, 0.15) is 6.04 Å². The Morgan fingerprint density at radius 1 is 0.909 bits per heavy atom. The highest BCUT2D eigenvalue weighted by Gasteiger charge is 2.18. The molecule has 0 spiro atoms. The molecule has 0 aromatic heterocycles. The summed E-state index contributed by atoms with van der Waals surface area (Å²) < 4.78 is 5.46. The average Bonchev–Trinajstić information content (AvgIpc) is 2.44. The van der Waals surface area contributed by atoms with E-state index in [4.69, 9.17) is 4.74 Å². The molecule has 0 fully saturated rings. The maximum absolute atomic E-state index is 11.8. The maximum Gasteiger partial charge on any atom is 0.323 e. The van der Waals surface area contributed by atoms with Gasteiger partial charge in [-0.1, -0.05) is 58.3 Å². The zero-order valence-electron chi connectivity index (χ0n) is 15.4. The Labute approximate surface area is 144 Å². The lowest BCUT2D eigenvalue weighted by atomic mass is 10.1. The highest BCUT2D eigenvalue weighted by atomic mass is 35.5. The molecule has 2 atom stereocenters. The molecule has 0 aliphatic carbocycles. The molecular weight excluding hydrogens is 298 g/mol. The van der Waals surface area contributed by atoms with Crippen LogP contribution in [-0.4, -0.2) is 37.1 Å². The molecule has 22 heavy (non-hydrogen) atoms. The lowest BCUT2D eigenvalue weighted by Crippen LogP contribution is -2.35. The summed E-state index contributed by atoms with van der Waals surface area (Å²) in [6, 6.07) is -0.157. The van der Waals surface area contributed by atoms with Crippen molar-refractivity contribution < 1.29 is 9.53 Å². The van der Waals surface area contributed by atoms with Crippen molar-refractivity contribution in [3.8, 4) is 0 Å². The Bertz CT molecular complexity index is 259. The Balaban J connectivity index is 0. The van der Waals surface area contributed by atoms with Crippen LogP contribution in [0.4, 0.5) is 0 Å². The summed E-state index contributed by atoms with van der Waals surface area (Å²) in [5.41, 5.74) is 0. The van der Waals surface area contributed by atoms with E-state index in [1.807, 2.05) is 32.8 Å². The number of carbonyl (C=O) groups is 1. The van der Waals surface area contributed by atoms with Gasteiger partial charge in [-0.25, -0.2) is 0 Å².